The Hall–Kier alpha value is -2.44. The van der Waals surface area contributed by atoms with Gasteiger partial charge in [0.2, 0.25) is 0 Å². The SMILES string of the molecule is Nc1[nH]nc2c1c(C1CCCC1)nn2-c1ncccn1. The van der Waals surface area contributed by atoms with Crippen molar-refractivity contribution in [3.8, 4) is 5.95 Å². The second-order valence-electron chi connectivity index (χ2n) is 5.16. The summed E-state index contributed by atoms with van der Waals surface area (Å²) in [7, 11) is 0. The van der Waals surface area contributed by atoms with Crippen molar-refractivity contribution in [2.45, 2.75) is 31.6 Å². The molecule has 0 bridgehead atoms. The predicted octanol–water partition coefficient (Wildman–Crippen LogP) is 1.78. The van der Waals surface area contributed by atoms with Gasteiger partial charge >= 0.3 is 0 Å². The van der Waals surface area contributed by atoms with Crippen molar-refractivity contribution in [2.75, 3.05) is 5.73 Å². The predicted molar refractivity (Wildman–Crippen MR) is 74.4 cm³/mol. The topological polar surface area (TPSA) is 98.3 Å². The molecule has 0 spiro atoms. The first-order valence-corrected chi connectivity index (χ1v) is 6.84. The van der Waals surface area contributed by atoms with Crippen LogP contribution in [0, 0.1) is 0 Å². The number of anilines is 1. The number of rotatable bonds is 2. The third kappa shape index (κ3) is 1.59. The maximum Gasteiger partial charge on any atom is 0.252 e. The van der Waals surface area contributed by atoms with Crippen molar-refractivity contribution in [1.82, 2.24) is 29.9 Å². The fourth-order valence-electron chi connectivity index (χ4n) is 2.98. The van der Waals surface area contributed by atoms with E-state index in [9.17, 15) is 0 Å². The third-order valence-electron chi connectivity index (χ3n) is 3.92. The molecular formula is C13H15N7. The van der Waals surface area contributed by atoms with Crippen LogP contribution in [0.15, 0.2) is 18.5 Å². The molecule has 0 amide bonds. The molecule has 0 saturated heterocycles. The zero-order chi connectivity index (χ0) is 13.5. The Morgan fingerprint density at radius 1 is 1.20 bits per heavy atom. The van der Waals surface area contributed by atoms with Crippen molar-refractivity contribution in [2.24, 2.45) is 0 Å². The van der Waals surface area contributed by atoms with Gasteiger partial charge in [-0.25, -0.2) is 9.97 Å². The Balaban J connectivity index is 1.94. The molecule has 0 unspecified atom stereocenters. The summed E-state index contributed by atoms with van der Waals surface area (Å²) in [5.41, 5.74) is 7.75. The molecule has 3 N–H and O–H groups in total. The van der Waals surface area contributed by atoms with Crippen molar-refractivity contribution < 1.29 is 0 Å². The number of hydrogen-bond acceptors (Lipinski definition) is 5. The summed E-state index contributed by atoms with van der Waals surface area (Å²) in [5.74, 6) is 1.56. The average molecular weight is 269 g/mol. The minimum atomic E-state index is 0.461. The lowest BCUT2D eigenvalue weighted by Crippen LogP contribution is -2.04. The van der Waals surface area contributed by atoms with E-state index in [1.165, 1.54) is 12.8 Å². The van der Waals surface area contributed by atoms with Gasteiger partial charge in [-0.1, -0.05) is 12.8 Å². The fourth-order valence-corrected chi connectivity index (χ4v) is 2.98. The molecule has 0 radical (unpaired) electrons. The van der Waals surface area contributed by atoms with E-state index in [1.54, 1.807) is 23.1 Å². The molecule has 0 aromatic carbocycles. The zero-order valence-electron chi connectivity index (χ0n) is 11.0. The molecule has 1 fully saturated rings. The number of aromatic amines is 1. The second kappa shape index (κ2) is 4.29. The molecular weight excluding hydrogens is 254 g/mol. The standard InChI is InChI=1S/C13H15N7/c14-11-9-10(8-4-1-2-5-8)19-20(12(9)18-17-11)13-15-6-3-7-16-13/h3,6-8H,1-2,4-5H2,(H3,14,17,18). The van der Waals surface area contributed by atoms with Crippen LogP contribution >= 0.6 is 0 Å². The Bertz CT molecular complexity index is 737. The van der Waals surface area contributed by atoms with Crippen molar-refractivity contribution in [3.05, 3.63) is 24.2 Å². The smallest absolute Gasteiger partial charge is 0.252 e. The molecule has 7 heteroatoms. The van der Waals surface area contributed by atoms with Gasteiger partial charge in [0.1, 0.15) is 5.82 Å². The number of nitrogens with zero attached hydrogens (tertiary/aromatic N) is 5. The highest BCUT2D eigenvalue weighted by Gasteiger charge is 2.27. The minimum Gasteiger partial charge on any atom is -0.383 e. The third-order valence-corrected chi connectivity index (χ3v) is 3.92. The van der Waals surface area contributed by atoms with Crippen LogP contribution in [-0.2, 0) is 0 Å². The highest BCUT2D eigenvalue weighted by atomic mass is 15.4. The van der Waals surface area contributed by atoms with Gasteiger partial charge in [-0.3, -0.25) is 5.10 Å². The maximum atomic E-state index is 6.02. The van der Waals surface area contributed by atoms with Gasteiger partial charge in [0.25, 0.3) is 5.95 Å². The Kier molecular flexibility index (Phi) is 2.45. The highest BCUT2D eigenvalue weighted by molar-refractivity contribution is 5.90. The summed E-state index contributed by atoms with van der Waals surface area (Å²) >= 11 is 0. The van der Waals surface area contributed by atoms with E-state index >= 15 is 0 Å². The molecule has 20 heavy (non-hydrogen) atoms. The molecule has 102 valence electrons. The molecule has 1 aliphatic carbocycles. The van der Waals surface area contributed by atoms with Gasteiger partial charge in [-0.15, -0.1) is 0 Å². The molecule has 3 heterocycles. The van der Waals surface area contributed by atoms with E-state index in [0.29, 0.717) is 23.3 Å². The molecule has 0 atom stereocenters. The number of hydrogen-bond donors (Lipinski definition) is 2. The summed E-state index contributed by atoms with van der Waals surface area (Å²) in [4.78, 5) is 8.49. The van der Waals surface area contributed by atoms with Gasteiger partial charge in [-0.05, 0) is 18.9 Å². The van der Waals surface area contributed by atoms with E-state index < -0.39 is 0 Å². The Morgan fingerprint density at radius 3 is 2.70 bits per heavy atom. The lowest BCUT2D eigenvalue weighted by molar-refractivity contribution is 0.675. The van der Waals surface area contributed by atoms with E-state index in [-0.39, 0.29) is 0 Å². The lowest BCUT2D eigenvalue weighted by Gasteiger charge is -2.05. The summed E-state index contributed by atoms with van der Waals surface area (Å²) in [5, 5.41) is 12.7. The molecule has 4 rings (SSSR count). The monoisotopic (exact) mass is 269 g/mol. The largest absolute Gasteiger partial charge is 0.383 e. The molecule has 1 saturated carbocycles. The quantitative estimate of drug-likeness (QED) is 0.738. The normalized spacial score (nSPS) is 16.2. The van der Waals surface area contributed by atoms with Crippen LogP contribution in [0.1, 0.15) is 37.3 Å². The van der Waals surface area contributed by atoms with Gasteiger partial charge in [-0.2, -0.15) is 14.9 Å². The van der Waals surface area contributed by atoms with Crippen LogP contribution in [0.4, 0.5) is 5.82 Å². The first-order chi connectivity index (χ1) is 9.84. The van der Waals surface area contributed by atoms with Crippen molar-refractivity contribution >= 4 is 16.9 Å². The van der Waals surface area contributed by atoms with Gasteiger partial charge in [0, 0.05) is 18.3 Å². The van der Waals surface area contributed by atoms with Crippen LogP contribution in [0.25, 0.3) is 17.0 Å². The lowest BCUT2D eigenvalue weighted by atomic mass is 10.0. The molecule has 3 aromatic heterocycles. The highest BCUT2D eigenvalue weighted by Crippen LogP contribution is 2.38. The fraction of sp³-hybridized carbons (Fsp3) is 0.385. The van der Waals surface area contributed by atoms with Crippen molar-refractivity contribution in [3.63, 3.8) is 0 Å². The van der Waals surface area contributed by atoms with Gasteiger partial charge < -0.3 is 5.73 Å². The van der Waals surface area contributed by atoms with Crippen LogP contribution in [0.2, 0.25) is 0 Å². The number of nitrogens with one attached hydrogen (secondary N) is 1. The van der Waals surface area contributed by atoms with Gasteiger partial charge in [0.05, 0.1) is 11.1 Å². The van der Waals surface area contributed by atoms with Crippen LogP contribution in [-0.4, -0.2) is 29.9 Å². The van der Waals surface area contributed by atoms with E-state index in [2.05, 4.69) is 20.2 Å². The first kappa shape index (κ1) is 11.4. The Morgan fingerprint density at radius 2 is 1.95 bits per heavy atom. The average Bonchev–Trinajstić information content (AvgIpc) is 3.18. The number of nitrogens with two attached hydrogens (primary N) is 1. The number of aromatic nitrogens is 6. The van der Waals surface area contributed by atoms with E-state index in [0.717, 1.165) is 23.9 Å². The first-order valence-electron chi connectivity index (χ1n) is 6.84. The van der Waals surface area contributed by atoms with Crippen LogP contribution in [0.3, 0.4) is 0 Å². The molecule has 7 nitrogen and oxygen atoms in total. The van der Waals surface area contributed by atoms with E-state index in [1.807, 2.05) is 0 Å². The molecule has 3 aromatic rings. The number of nitrogen functional groups attached to an aromatic ring is 1. The summed E-state index contributed by atoms with van der Waals surface area (Å²) in [6, 6.07) is 1.78. The second-order valence-corrected chi connectivity index (χ2v) is 5.16. The number of H-pyrrole nitrogens is 1. The van der Waals surface area contributed by atoms with Crippen molar-refractivity contribution in [1.29, 1.82) is 0 Å². The summed E-state index contributed by atoms with van der Waals surface area (Å²) in [6.07, 6.45) is 8.21. The zero-order valence-corrected chi connectivity index (χ0v) is 11.0. The number of fused-ring (bicyclic) bond motifs is 1. The summed E-state index contributed by atoms with van der Waals surface area (Å²) < 4.78 is 1.68. The minimum absolute atomic E-state index is 0.461. The van der Waals surface area contributed by atoms with Crippen LogP contribution in [0.5, 0.6) is 0 Å². The Labute approximate surface area is 115 Å². The van der Waals surface area contributed by atoms with Gasteiger partial charge in [0.15, 0.2) is 5.65 Å². The molecule has 0 aliphatic heterocycles. The van der Waals surface area contributed by atoms with E-state index in [4.69, 9.17) is 10.8 Å². The summed E-state index contributed by atoms with van der Waals surface area (Å²) in [6.45, 7) is 0. The molecule has 1 aliphatic rings. The maximum absolute atomic E-state index is 6.02. The van der Waals surface area contributed by atoms with Crippen LogP contribution < -0.4 is 5.73 Å².